The lowest BCUT2D eigenvalue weighted by atomic mass is 10.2. The minimum atomic E-state index is -1.65. The van der Waals surface area contributed by atoms with Crippen molar-refractivity contribution in [3.63, 3.8) is 0 Å². The molecule has 1 aliphatic heterocycles. The van der Waals surface area contributed by atoms with Crippen molar-refractivity contribution >= 4 is 35.0 Å². The van der Waals surface area contributed by atoms with E-state index in [-0.39, 0.29) is 28.4 Å². The molecule has 1 aliphatic rings. The number of ether oxygens (including phenoxy) is 1. The van der Waals surface area contributed by atoms with Crippen LogP contribution >= 0.6 is 12.2 Å². The number of nitrogens with zero attached hydrogens (tertiary/aromatic N) is 1. The Bertz CT molecular complexity index is 1250. The largest absolute Gasteiger partial charge is 0.479 e. The fourth-order valence-corrected chi connectivity index (χ4v) is 3.37. The normalized spacial score (nSPS) is 14.9. The van der Waals surface area contributed by atoms with E-state index in [4.69, 9.17) is 21.4 Å². The average Bonchev–Trinajstić information content (AvgIpc) is 3.31. The van der Waals surface area contributed by atoms with E-state index in [9.17, 15) is 22.4 Å². The van der Waals surface area contributed by atoms with Gasteiger partial charge in [0, 0.05) is 12.1 Å². The fraction of sp³-hybridized carbons (Fsp3) is 0.0909. The van der Waals surface area contributed by atoms with Crippen LogP contribution in [0.3, 0.4) is 0 Å². The number of anilines is 1. The SMILES string of the molecule is Cc1ccccc1N1C(=O)/C(=C\c2ccc(COc3c(F)c(F)cc(F)c3F)o2)NC1=S. The third-order valence-electron chi connectivity index (χ3n) is 4.63. The van der Waals surface area contributed by atoms with Crippen molar-refractivity contribution in [2.24, 2.45) is 0 Å². The van der Waals surface area contributed by atoms with E-state index in [1.54, 1.807) is 12.1 Å². The lowest BCUT2D eigenvalue weighted by Crippen LogP contribution is -2.30. The fourth-order valence-electron chi connectivity index (χ4n) is 3.08. The van der Waals surface area contributed by atoms with Gasteiger partial charge in [-0.3, -0.25) is 9.69 Å². The predicted molar refractivity (Wildman–Crippen MR) is 112 cm³/mol. The zero-order chi connectivity index (χ0) is 23.0. The van der Waals surface area contributed by atoms with Crippen LogP contribution < -0.4 is 15.0 Å². The first-order valence-electron chi connectivity index (χ1n) is 9.23. The van der Waals surface area contributed by atoms with Gasteiger partial charge in [0.05, 0.1) is 5.69 Å². The van der Waals surface area contributed by atoms with Crippen LogP contribution in [0.1, 0.15) is 17.1 Å². The Hall–Kier alpha value is -3.66. The molecule has 0 atom stereocenters. The van der Waals surface area contributed by atoms with Gasteiger partial charge < -0.3 is 14.5 Å². The predicted octanol–water partition coefficient (Wildman–Crippen LogP) is 4.99. The van der Waals surface area contributed by atoms with Crippen LogP contribution in [0.4, 0.5) is 23.2 Å². The highest BCUT2D eigenvalue weighted by atomic mass is 32.1. The Kier molecular flexibility index (Phi) is 5.70. The summed E-state index contributed by atoms with van der Waals surface area (Å²) in [6.07, 6.45) is 1.40. The molecular weight excluding hydrogens is 448 g/mol. The molecule has 2 aromatic carbocycles. The minimum Gasteiger partial charge on any atom is -0.479 e. The Labute approximate surface area is 184 Å². The maximum absolute atomic E-state index is 13.7. The lowest BCUT2D eigenvalue weighted by molar-refractivity contribution is -0.113. The standard InChI is InChI=1S/C22H14F4N2O3S/c1-11-4-2-3-5-17(11)28-21(29)16(27-22(28)32)8-12-6-7-13(31-12)10-30-20-18(25)14(23)9-15(24)19(20)26/h2-9H,10H2,1H3,(H,27,32)/b16-8+. The molecule has 0 unspecified atom stereocenters. The van der Waals surface area contributed by atoms with E-state index in [0.717, 1.165) is 5.56 Å². The van der Waals surface area contributed by atoms with Gasteiger partial charge in [-0.15, -0.1) is 0 Å². The molecular formula is C22H14F4N2O3S. The Morgan fingerprint density at radius 2 is 1.78 bits per heavy atom. The summed E-state index contributed by atoms with van der Waals surface area (Å²) in [6.45, 7) is 1.34. The maximum Gasteiger partial charge on any atom is 0.281 e. The van der Waals surface area contributed by atoms with Crippen molar-refractivity contribution in [3.05, 3.63) is 88.5 Å². The Balaban J connectivity index is 1.51. The summed E-state index contributed by atoms with van der Waals surface area (Å²) in [6, 6.07) is 10.2. The number of amides is 1. The molecule has 4 rings (SSSR count). The van der Waals surface area contributed by atoms with Crippen molar-refractivity contribution in [2.75, 3.05) is 4.90 Å². The van der Waals surface area contributed by atoms with Gasteiger partial charge in [-0.25, -0.2) is 8.78 Å². The number of rotatable bonds is 5. The number of furan rings is 1. The number of aryl methyl sites for hydroxylation is 1. The van der Waals surface area contributed by atoms with Crippen LogP contribution in [0.5, 0.6) is 5.75 Å². The molecule has 3 aromatic rings. The van der Waals surface area contributed by atoms with Crippen LogP contribution in [0.25, 0.3) is 6.08 Å². The number of halogens is 4. The number of thiocarbonyl (C=S) groups is 1. The van der Waals surface area contributed by atoms with Crippen molar-refractivity contribution < 1.29 is 31.5 Å². The van der Waals surface area contributed by atoms with E-state index in [2.05, 4.69) is 5.32 Å². The molecule has 1 N–H and O–H groups in total. The van der Waals surface area contributed by atoms with Gasteiger partial charge in [-0.2, -0.15) is 8.78 Å². The summed E-state index contributed by atoms with van der Waals surface area (Å²) in [4.78, 5) is 14.2. The second-order valence-corrected chi connectivity index (χ2v) is 7.19. The summed E-state index contributed by atoms with van der Waals surface area (Å²) in [5, 5.41) is 3.02. The van der Waals surface area contributed by atoms with Crippen molar-refractivity contribution in [2.45, 2.75) is 13.5 Å². The zero-order valence-corrected chi connectivity index (χ0v) is 17.2. The Morgan fingerprint density at radius 3 is 2.47 bits per heavy atom. The van der Waals surface area contributed by atoms with E-state index < -0.39 is 41.5 Å². The second-order valence-electron chi connectivity index (χ2n) is 6.81. The first-order valence-corrected chi connectivity index (χ1v) is 9.64. The van der Waals surface area contributed by atoms with Crippen LogP contribution in [0, 0.1) is 30.2 Å². The van der Waals surface area contributed by atoms with Crippen molar-refractivity contribution in [1.29, 1.82) is 0 Å². The summed E-state index contributed by atoms with van der Waals surface area (Å²) in [5.74, 6) is -7.72. The smallest absolute Gasteiger partial charge is 0.281 e. The van der Waals surface area contributed by atoms with E-state index >= 15 is 0 Å². The lowest BCUT2D eigenvalue weighted by Gasteiger charge is -2.16. The van der Waals surface area contributed by atoms with E-state index in [1.165, 1.54) is 23.1 Å². The molecule has 1 fully saturated rings. The minimum absolute atomic E-state index is 0.0883. The highest BCUT2D eigenvalue weighted by Gasteiger charge is 2.33. The number of carbonyl (C=O) groups excluding carboxylic acids is 1. The number of nitrogens with one attached hydrogen (secondary N) is 1. The number of hydrogen-bond donors (Lipinski definition) is 1. The average molecular weight is 462 g/mol. The maximum atomic E-state index is 13.7. The molecule has 32 heavy (non-hydrogen) atoms. The molecule has 5 nitrogen and oxygen atoms in total. The van der Waals surface area contributed by atoms with Gasteiger partial charge in [0.15, 0.2) is 22.5 Å². The van der Waals surface area contributed by atoms with E-state index in [0.29, 0.717) is 5.69 Å². The van der Waals surface area contributed by atoms with Crippen molar-refractivity contribution in [3.8, 4) is 5.75 Å². The number of para-hydroxylation sites is 1. The Morgan fingerprint density at radius 1 is 1.09 bits per heavy atom. The molecule has 1 saturated heterocycles. The molecule has 0 saturated carbocycles. The number of hydrogen-bond acceptors (Lipinski definition) is 4. The van der Waals surface area contributed by atoms with Crippen molar-refractivity contribution in [1.82, 2.24) is 5.32 Å². The number of benzene rings is 2. The monoisotopic (exact) mass is 462 g/mol. The highest BCUT2D eigenvalue weighted by molar-refractivity contribution is 7.80. The summed E-state index contributed by atoms with van der Waals surface area (Å²) < 4.78 is 64.3. The molecule has 0 aliphatic carbocycles. The molecule has 0 spiro atoms. The van der Waals surface area contributed by atoms with Crippen LogP contribution in [-0.4, -0.2) is 11.0 Å². The molecule has 164 valence electrons. The topological polar surface area (TPSA) is 54.7 Å². The van der Waals surface area contributed by atoms with Gasteiger partial charge in [0.1, 0.15) is 23.8 Å². The zero-order valence-electron chi connectivity index (χ0n) is 16.4. The number of carbonyl (C=O) groups is 1. The molecule has 1 amide bonds. The van der Waals surface area contributed by atoms with Gasteiger partial charge >= 0.3 is 0 Å². The first kappa shape index (κ1) is 21.6. The first-order chi connectivity index (χ1) is 15.3. The van der Waals surface area contributed by atoms with E-state index in [1.807, 2.05) is 19.1 Å². The summed E-state index contributed by atoms with van der Waals surface area (Å²) in [5.41, 5.74) is 1.65. The quantitative estimate of drug-likeness (QED) is 0.251. The second kappa shape index (κ2) is 8.46. The molecule has 2 heterocycles. The van der Waals surface area contributed by atoms with Gasteiger partial charge in [-0.05, 0) is 42.9 Å². The molecule has 0 radical (unpaired) electrons. The van der Waals surface area contributed by atoms with Gasteiger partial charge in [0.2, 0.25) is 11.6 Å². The van der Waals surface area contributed by atoms with Crippen LogP contribution in [0.15, 0.2) is 52.6 Å². The molecule has 10 heteroatoms. The van der Waals surface area contributed by atoms with Gasteiger partial charge in [0.25, 0.3) is 5.91 Å². The highest BCUT2D eigenvalue weighted by Crippen LogP contribution is 2.28. The van der Waals surface area contributed by atoms with Gasteiger partial charge in [-0.1, -0.05) is 18.2 Å². The molecule has 1 aromatic heterocycles. The summed E-state index contributed by atoms with van der Waals surface area (Å²) in [7, 11) is 0. The summed E-state index contributed by atoms with van der Waals surface area (Å²) >= 11 is 5.27. The third-order valence-corrected chi connectivity index (χ3v) is 4.92. The molecule has 0 bridgehead atoms. The van der Waals surface area contributed by atoms with Crippen LogP contribution in [0.2, 0.25) is 0 Å². The van der Waals surface area contributed by atoms with Crippen LogP contribution in [-0.2, 0) is 11.4 Å². The third kappa shape index (κ3) is 3.96.